The Labute approximate surface area is 122 Å². The predicted octanol–water partition coefficient (Wildman–Crippen LogP) is 3.53. The normalized spacial score (nSPS) is 10.9. The van der Waals surface area contributed by atoms with Crippen LogP contribution in [0.3, 0.4) is 0 Å². The average Bonchev–Trinajstić information content (AvgIpc) is 2.42. The summed E-state index contributed by atoms with van der Waals surface area (Å²) in [6.45, 7) is 3.39. The Morgan fingerprint density at radius 3 is 2.55 bits per heavy atom. The van der Waals surface area contributed by atoms with Gasteiger partial charge in [-0.1, -0.05) is 29.8 Å². The monoisotopic (exact) mass is 290 g/mol. The van der Waals surface area contributed by atoms with E-state index in [0.717, 1.165) is 0 Å². The summed E-state index contributed by atoms with van der Waals surface area (Å²) in [7, 11) is 0. The minimum atomic E-state index is -1.03. The zero-order valence-corrected chi connectivity index (χ0v) is 12.0. The Morgan fingerprint density at radius 2 is 1.90 bits per heavy atom. The highest BCUT2D eigenvalue weighted by atomic mass is 35.5. The topological polar surface area (TPSA) is 51.2 Å². The largest absolute Gasteiger partial charge is 0.478 e. The molecule has 0 bridgehead atoms. The van der Waals surface area contributed by atoms with Crippen molar-refractivity contribution in [1.29, 1.82) is 0 Å². The van der Waals surface area contributed by atoms with Crippen molar-refractivity contribution in [3.05, 3.63) is 53.8 Å². The second-order valence-electron chi connectivity index (χ2n) is 4.72. The molecule has 0 spiro atoms. The SMILES string of the molecule is CC(C)(Oc1ccccc1)C(=O)Nc1cccnc1Cl. The number of para-hydroxylation sites is 1. The molecule has 0 saturated heterocycles. The molecule has 2 aromatic rings. The zero-order valence-electron chi connectivity index (χ0n) is 11.3. The first-order chi connectivity index (χ1) is 9.49. The summed E-state index contributed by atoms with van der Waals surface area (Å²) < 4.78 is 5.70. The number of aromatic nitrogens is 1. The summed E-state index contributed by atoms with van der Waals surface area (Å²) in [5.74, 6) is 0.334. The van der Waals surface area contributed by atoms with E-state index in [1.54, 1.807) is 44.3 Å². The van der Waals surface area contributed by atoms with E-state index < -0.39 is 5.60 Å². The van der Waals surface area contributed by atoms with Crippen LogP contribution in [0.15, 0.2) is 48.7 Å². The number of halogens is 1. The van der Waals surface area contributed by atoms with Crippen LogP contribution in [0.5, 0.6) is 5.75 Å². The summed E-state index contributed by atoms with van der Waals surface area (Å²) >= 11 is 5.91. The van der Waals surface area contributed by atoms with E-state index >= 15 is 0 Å². The minimum Gasteiger partial charge on any atom is -0.478 e. The second-order valence-corrected chi connectivity index (χ2v) is 5.08. The third kappa shape index (κ3) is 3.48. The number of hydrogen-bond acceptors (Lipinski definition) is 3. The van der Waals surface area contributed by atoms with Gasteiger partial charge in [-0.25, -0.2) is 4.98 Å². The first-order valence-electron chi connectivity index (χ1n) is 6.15. The quantitative estimate of drug-likeness (QED) is 0.876. The van der Waals surface area contributed by atoms with Crippen LogP contribution >= 0.6 is 11.6 Å². The summed E-state index contributed by atoms with van der Waals surface area (Å²) in [6, 6.07) is 12.6. The number of rotatable bonds is 4. The molecule has 1 N–H and O–H groups in total. The molecule has 1 aromatic heterocycles. The van der Waals surface area contributed by atoms with Gasteiger partial charge in [0, 0.05) is 6.20 Å². The van der Waals surface area contributed by atoms with Gasteiger partial charge in [0.2, 0.25) is 0 Å². The number of carbonyl (C=O) groups excluding carboxylic acids is 1. The van der Waals surface area contributed by atoms with Crippen molar-refractivity contribution in [2.45, 2.75) is 19.4 Å². The molecular weight excluding hydrogens is 276 g/mol. The molecule has 1 heterocycles. The molecule has 1 amide bonds. The van der Waals surface area contributed by atoms with Gasteiger partial charge >= 0.3 is 0 Å². The molecule has 0 radical (unpaired) electrons. The van der Waals surface area contributed by atoms with E-state index in [1.165, 1.54) is 0 Å². The standard InChI is InChI=1S/C15H15ClN2O2/c1-15(2,20-11-7-4-3-5-8-11)14(19)18-12-9-6-10-17-13(12)16/h3-10H,1-2H3,(H,18,19). The van der Waals surface area contributed by atoms with E-state index in [1.807, 2.05) is 18.2 Å². The van der Waals surface area contributed by atoms with Crippen LogP contribution in [0.2, 0.25) is 5.15 Å². The number of ether oxygens (including phenoxy) is 1. The van der Waals surface area contributed by atoms with Gasteiger partial charge in [0.1, 0.15) is 5.75 Å². The molecule has 5 heteroatoms. The molecule has 0 unspecified atom stereocenters. The number of nitrogens with zero attached hydrogens (tertiary/aromatic N) is 1. The first kappa shape index (κ1) is 14.3. The first-order valence-corrected chi connectivity index (χ1v) is 6.53. The average molecular weight is 291 g/mol. The molecule has 0 fully saturated rings. The van der Waals surface area contributed by atoms with Gasteiger partial charge in [-0.2, -0.15) is 0 Å². The molecular formula is C15H15ClN2O2. The number of amides is 1. The molecule has 104 valence electrons. The predicted molar refractivity (Wildman–Crippen MR) is 79.0 cm³/mol. The fourth-order valence-electron chi connectivity index (χ4n) is 1.58. The van der Waals surface area contributed by atoms with Crippen molar-refractivity contribution < 1.29 is 9.53 Å². The number of pyridine rings is 1. The van der Waals surface area contributed by atoms with Gasteiger partial charge < -0.3 is 10.1 Å². The van der Waals surface area contributed by atoms with Gasteiger partial charge in [-0.05, 0) is 38.1 Å². The van der Waals surface area contributed by atoms with Gasteiger partial charge in [0.05, 0.1) is 5.69 Å². The van der Waals surface area contributed by atoms with Crippen molar-refractivity contribution in [3.8, 4) is 5.75 Å². The van der Waals surface area contributed by atoms with E-state index in [-0.39, 0.29) is 11.1 Å². The molecule has 0 atom stereocenters. The molecule has 1 aromatic carbocycles. The highest BCUT2D eigenvalue weighted by Gasteiger charge is 2.30. The van der Waals surface area contributed by atoms with Crippen molar-refractivity contribution in [3.63, 3.8) is 0 Å². The van der Waals surface area contributed by atoms with Crippen LogP contribution < -0.4 is 10.1 Å². The van der Waals surface area contributed by atoms with E-state index in [2.05, 4.69) is 10.3 Å². The maximum Gasteiger partial charge on any atom is 0.268 e. The fraction of sp³-hybridized carbons (Fsp3) is 0.200. The van der Waals surface area contributed by atoms with Gasteiger partial charge in [0.15, 0.2) is 10.8 Å². The van der Waals surface area contributed by atoms with Crippen molar-refractivity contribution in [2.24, 2.45) is 0 Å². The zero-order chi connectivity index (χ0) is 14.6. The fourth-order valence-corrected chi connectivity index (χ4v) is 1.75. The number of carbonyl (C=O) groups is 1. The van der Waals surface area contributed by atoms with Crippen LogP contribution in [0.25, 0.3) is 0 Å². The Balaban J connectivity index is 2.10. The lowest BCUT2D eigenvalue weighted by Gasteiger charge is -2.25. The number of hydrogen-bond donors (Lipinski definition) is 1. The van der Waals surface area contributed by atoms with E-state index in [9.17, 15) is 4.79 Å². The summed E-state index contributed by atoms with van der Waals surface area (Å²) in [4.78, 5) is 16.2. The number of benzene rings is 1. The molecule has 4 nitrogen and oxygen atoms in total. The molecule has 0 aliphatic carbocycles. The second kappa shape index (κ2) is 5.92. The molecule has 2 rings (SSSR count). The summed E-state index contributed by atoms with van der Waals surface area (Å²) in [5.41, 5.74) is -0.565. The number of nitrogens with one attached hydrogen (secondary N) is 1. The molecule has 20 heavy (non-hydrogen) atoms. The Bertz CT molecular complexity index is 600. The lowest BCUT2D eigenvalue weighted by atomic mass is 10.1. The minimum absolute atomic E-state index is 0.247. The highest BCUT2D eigenvalue weighted by molar-refractivity contribution is 6.32. The third-order valence-electron chi connectivity index (χ3n) is 2.67. The smallest absolute Gasteiger partial charge is 0.268 e. The van der Waals surface area contributed by atoms with Gasteiger partial charge in [-0.15, -0.1) is 0 Å². The lowest BCUT2D eigenvalue weighted by molar-refractivity contribution is -0.128. The molecule has 0 aliphatic heterocycles. The number of anilines is 1. The summed E-state index contributed by atoms with van der Waals surface area (Å²) in [5, 5.41) is 2.96. The highest BCUT2D eigenvalue weighted by Crippen LogP contribution is 2.22. The maximum atomic E-state index is 12.3. The molecule has 0 saturated carbocycles. The van der Waals surface area contributed by atoms with Crippen LogP contribution in [-0.2, 0) is 4.79 Å². The Morgan fingerprint density at radius 1 is 1.20 bits per heavy atom. The van der Waals surface area contributed by atoms with Crippen molar-refractivity contribution in [1.82, 2.24) is 4.98 Å². The van der Waals surface area contributed by atoms with Crippen LogP contribution in [0.1, 0.15) is 13.8 Å². The van der Waals surface area contributed by atoms with Crippen molar-refractivity contribution in [2.75, 3.05) is 5.32 Å². The third-order valence-corrected chi connectivity index (χ3v) is 2.97. The Kier molecular flexibility index (Phi) is 4.25. The van der Waals surface area contributed by atoms with Gasteiger partial charge in [-0.3, -0.25) is 4.79 Å². The van der Waals surface area contributed by atoms with E-state index in [4.69, 9.17) is 16.3 Å². The van der Waals surface area contributed by atoms with Crippen LogP contribution in [-0.4, -0.2) is 16.5 Å². The van der Waals surface area contributed by atoms with Crippen LogP contribution in [0, 0.1) is 0 Å². The van der Waals surface area contributed by atoms with Crippen LogP contribution in [0.4, 0.5) is 5.69 Å². The lowest BCUT2D eigenvalue weighted by Crippen LogP contribution is -2.42. The maximum absolute atomic E-state index is 12.3. The van der Waals surface area contributed by atoms with Crippen molar-refractivity contribution >= 4 is 23.2 Å². The summed E-state index contributed by atoms with van der Waals surface area (Å²) in [6.07, 6.45) is 1.56. The van der Waals surface area contributed by atoms with E-state index in [0.29, 0.717) is 11.4 Å². The van der Waals surface area contributed by atoms with Gasteiger partial charge in [0.25, 0.3) is 5.91 Å². The molecule has 0 aliphatic rings. The Hall–Kier alpha value is -2.07.